The van der Waals surface area contributed by atoms with E-state index in [1.54, 1.807) is 0 Å². The van der Waals surface area contributed by atoms with Gasteiger partial charge in [-0.25, -0.2) is 0 Å². The maximum absolute atomic E-state index is 9.67. The number of nitrogens with one attached hydrogen (secondary N) is 1. The van der Waals surface area contributed by atoms with Crippen molar-refractivity contribution in [3.05, 3.63) is 0 Å². The second-order valence-electron chi connectivity index (χ2n) is 6.47. The molecule has 0 bridgehead atoms. The lowest BCUT2D eigenvalue weighted by Crippen LogP contribution is -2.50. The Morgan fingerprint density at radius 2 is 2.00 bits per heavy atom. The van der Waals surface area contributed by atoms with Crippen LogP contribution in [0.2, 0.25) is 0 Å². The third-order valence-corrected chi connectivity index (χ3v) is 3.76. The molecule has 0 aromatic rings. The van der Waals surface area contributed by atoms with Crippen LogP contribution < -0.4 is 5.32 Å². The summed E-state index contributed by atoms with van der Waals surface area (Å²) in [6.45, 7) is 10.2. The van der Waals surface area contributed by atoms with Crippen molar-refractivity contribution < 1.29 is 5.11 Å². The molecule has 0 radical (unpaired) electrons. The second kappa shape index (κ2) is 6.17. The first-order chi connectivity index (χ1) is 7.88. The summed E-state index contributed by atoms with van der Waals surface area (Å²) in [5.41, 5.74) is -0.0376. The van der Waals surface area contributed by atoms with Crippen LogP contribution in [0.25, 0.3) is 0 Å². The molecule has 1 fully saturated rings. The Bertz CT molecular complexity index is 230. The first kappa shape index (κ1) is 14.9. The molecular weight excluding hydrogens is 212 g/mol. The zero-order chi connectivity index (χ0) is 13.1. The maximum atomic E-state index is 9.67. The van der Waals surface area contributed by atoms with Gasteiger partial charge in [0.25, 0.3) is 0 Å². The Balaban J connectivity index is 2.54. The van der Waals surface area contributed by atoms with E-state index in [1.807, 2.05) is 0 Å². The molecule has 0 aromatic heterocycles. The average molecular weight is 242 g/mol. The van der Waals surface area contributed by atoms with Crippen molar-refractivity contribution >= 4 is 0 Å². The molecule has 0 saturated heterocycles. The van der Waals surface area contributed by atoms with E-state index >= 15 is 0 Å². The Morgan fingerprint density at radius 3 is 2.47 bits per heavy atom. The van der Waals surface area contributed by atoms with Crippen molar-refractivity contribution in [2.24, 2.45) is 5.92 Å². The number of aliphatic hydroxyl groups excluding tert-OH is 1. The highest BCUT2D eigenvalue weighted by Gasteiger charge is 2.40. The van der Waals surface area contributed by atoms with Gasteiger partial charge in [-0.1, -0.05) is 27.7 Å². The molecule has 17 heavy (non-hydrogen) atoms. The van der Waals surface area contributed by atoms with Gasteiger partial charge in [0.1, 0.15) is 0 Å². The van der Waals surface area contributed by atoms with Crippen LogP contribution in [-0.4, -0.2) is 47.8 Å². The fraction of sp³-hybridized carbons (Fsp3) is 1.00. The summed E-state index contributed by atoms with van der Waals surface area (Å²) < 4.78 is 0. The molecule has 2 atom stereocenters. The fourth-order valence-electron chi connectivity index (χ4n) is 3.13. The maximum Gasteiger partial charge on any atom is 0.0614 e. The summed E-state index contributed by atoms with van der Waals surface area (Å²) in [5.74, 6) is 0.710. The smallest absolute Gasteiger partial charge is 0.0614 e. The number of nitrogens with zero attached hydrogens (tertiary/aromatic N) is 1. The first-order valence-corrected chi connectivity index (χ1v) is 6.97. The minimum absolute atomic E-state index is 0.0376. The van der Waals surface area contributed by atoms with Gasteiger partial charge in [-0.05, 0) is 32.2 Å². The van der Waals surface area contributed by atoms with Gasteiger partial charge in [-0.15, -0.1) is 0 Å². The molecule has 3 nitrogen and oxygen atoms in total. The molecule has 2 unspecified atom stereocenters. The Hall–Kier alpha value is -0.120. The van der Waals surface area contributed by atoms with Crippen LogP contribution in [0.1, 0.15) is 47.0 Å². The number of aliphatic hydroxyl groups is 1. The quantitative estimate of drug-likeness (QED) is 0.746. The highest BCUT2D eigenvalue weighted by Crippen LogP contribution is 2.33. The lowest BCUT2D eigenvalue weighted by molar-refractivity contribution is 0.139. The van der Waals surface area contributed by atoms with E-state index in [1.165, 1.54) is 6.42 Å². The molecule has 3 heteroatoms. The minimum Gasteiger partial charge on any atom is -0.394 e. The van der Waals surface area contributed by atoms with E-state index in [-0.39, 0.29) is 12.1 Å². The van der Waals surface area contributed by atoms with Crippen LogP contribution in [0, 0.1) is 5.92 Å². The van der Waals surface area contributed by atoms with Crippen molar-refractivity contribution in [3.63, 3.8) is 0 Å². The molecule has 1 rings (SSSR count). The molecule has 1 saturated carbocycles. The van der Waals surface area contributed by atoms with Crippen LogP contribution in [0.15, 0.2) is 0 Å². The van der Waals surface area contributed by atoms with Gasteiger partial charge in [0, 0.05) is 24.2 Å². The predicted molar refractivity (Wildman–Crippen MR) is 73.2 cm³/mol. The van der Waals surface area contributed by atoms with E-state index in [9.17, 15) is 5.11 Å². The lowest BCUT2D eigenvalue weighted by Gasteiger charge is -2.33. The highest BCUT2D eigenvalue weighted by atomic mass is 16.3. The van der Waals surface area contributed by atoms with E-state index in [4.69, 9.17) is 0 Å². The molecule has 0 spiro atoms. The van der Waals surface area contributed by atoms with Crippen LogP contribution in [0.5, 0.6) is 0 Å². The molecular formula is C14H30N2O. The summed E-state index contributed by atoms with van der Waals surface area (Å²) in [5, 5.41) is 13.2. The van der Waals surface area contributed by atoms with Crippen molar-refractivity contribution in [3.8, 4) is 0 Å². The van der Waals surface area contributed by atoms with Crippen LogP contribution in [0.4, 0.5) is 0 Å². The van der Waals surface area contributed by atoms with Crippen LogP contribution in [-0.2, 0) is 0 Å². The Kier molecular flexibility index (Phi) is 5.42. The largest absolute Gasteiger partial charge is 0.394 e. The van der Waals surface area contributed by atoms with Crippen LogP contribution in [0.3, 0.4) is 0 Å². The van der Waals surface area contributed by atoms with Crippen molar-refractivity contribution in [2.45, 2.75) is 64.6 Å². The number of hydrogen-bond donors (Lipinski definition) is 2. The molecule has 102 valence electrons. The van der Waals surface area contributed by atoms with E-state index < -0.39 is 0 Å². The first-order valence-electron chi connectivity index (χ1n) is 6.97. The fourth-order valence-corrected chi connectivity index (χ4v) is 3.13. The van der Waals surface area contributed by atoms with Gasteiger partial charge < -0.3 is 15.3 Å². The normalized spacial score (nSPS) is 29.8. The van der Waals surface area contributed by atoms with Crippen molar-refractivity contribution in [2.75, 3.05) is 20.2 Å². The van der Waals surface area contributed by atoms with Gasteiger partial charge in [-0.2, -0.15) is 0 Å². The SMILES string of the molecule is CC(C)CN(C)C1CCC(CO)(NC(C)C)C1. The zero-order valence-corrected chi connectivity index (χ0v) is 12.2. The summed E-state index contributed by atoms with van der Waals surface area (Å²) in [4.78, 5) is 2.46. The van der Waals surface area contributed by atoms with Gasteiger partial charge in [0.2, 0.25) is 0 Å². The van der Waals surface area contributed by atoms with Gasteiger partial charge in [-0.3, -0.25) is 0 Å². The summed E-state index contributed by atoms with van der Waals surface area (Å²) in [6.07, 6.45) is 3.36. The highest BCUT2D eigenvalue weighted by molar-refractivity contribution is 4.99. The Labute approximate surface area is 107 Å². The van der Waals surface area contributed by atoms with Gasteiger partial charge >= 0.3 is 0 Å². The van der Waals surface area contributed by atoms with Crippen LogP contribution >= 0.6 is 0 Å². The Morgan fingerprint density at radius 1 is 1.35 bits per heavy atom. The topological polar surface area (TPSA) is 35.5 Å². The summed E-state index contributed by atoms with van der Waals surface area (Å²) in [6, 6.07) is 1.06. The molecule has 0 amide bonds. The molecule has 0 heterocycles. The molecule has 0 aromatic carbocycles. The zero-order valence-electron chi connectivity index (χ0n) is 12.2. The van der Waals surface area contributed by atoms with Gasteiger partial charge in [0.05, 0.1) is 6.61 Å². The monoisotopic (exact) mass is 242 g/mol. The third-order valence-electron chi connectivity index (χ3n) is 3.76. The number of rotatable bonds is 6. The van der Waals surface area contributed by atoms with E-state index in [0.29, 0.717) is 18.0 Å². The lowest BCUT2D eigenvalue weighted by atomic mass is 9.97. The van der Waals surface area contributed by atoms with Gasteiger partial charge in [0.15, 0.2) is 0 Å². The molecule has 2 N–H and O–H groups in total. The summed E-state index contributed by atoms with van der Waals surface area (Å²) in [7, 11) is 2.22. The molecule has 1 aliphatic carbocycles. The molecule has 1 aliphatic rings. The standard InChI is InChI=1S/C14H30N2O/c1-11(2)9-16(5)13-6-7-14(8-13,10-17)15-12(3)4/h11-13,15,17H,6-10H2,1-5H3. The second-order valence-corrected chi connectivity index (χ2v) is 6.47. The predicted octanol–water partition coefficient (Wildman–Crippen LogP) is 1.86. The third kappa shape index (κ3) is 4.23. The number of hydrogen-bond acceptors (Lipinski definition) is 3. The van der Waals surface area contributed by atoms with Crippen molar-refractivity contribution in [1.29, 1.82) is 0 Å². The average Bonchev–Trinajstić information content (AvgIpc) is 2.61. The van der Waals surface area contributed by atoms with Crippen molar-refractivity contribution in [1.82, 2.24) is 10.2 Å². The minimum atomic E-state index is -0.0376. The van der Waals surface area contributed by atoms with E-state index in [0.717, 1.165) is 19.4 Å². The van der Waals surface area contributed by atoms with E-state index in [2.05, 4.69) is 45.0 Å². The summed E-state index contributed by atoms with van der Waals surface area (Å²) >= 11 is 0. The molecule has 0 aliphatic heterocycles.